The van der Waals surface area contributed by atoms with Gasteiger partial charge in [-0.25, -0.2) is 8.42 Å². The summed E-state index contributed by atoms with van der Waals surface area (Å²) in [6, 6.07) is 9.69. The molecule has 8 nitrogen and oxygen atoms in total. The second kappa shape index (κ2) is 10.2. The van der Waals surface area contributed by atoms with Gasteiger partial charge in [-0.2, -0.15) is 4.31 Å². The van der Waals surface area contributed by atoms with Gasteiger partial charge in [0.25, 0.3) is 5.91 Å². The summed E-state index contributed by atoms with van der Waals surface area (Å²) in [6.07, 6.45) is 0. The molecule has 1 aromatic heterocycles. The molecule has 2 amide bonds. The molecular formula is C20H25N3O5S2. The molecule has 1 aromatic carbocycles. The van der Waals surface area contributed by atoms with Crippen LogP contribution in [0.5, 0.6) is 0 Å². The lowest BCUT2D eigenvalue weighted by Crippen LogP contribution is -2.41. The third-order valence-corrected chi connectivity index (χ3v) is 7.54. The molecule has 162 valence electrons. The Morgan fingerprint density at radius 3 is 2.47 bits per heavy atom. The lowest BCUT2D eigenvalue weighted by Gasteiger charge is -2.26. The van der Waals surface area contributed by atoms with E-state index >= 15 is 0 Å². The molecule has 2 aromatic rings. The van der Waals surface area contributed by atoms with E-state index in [0.29, 0.717) is 45.0 Å². The second-order valence-corrected chi connectivity index (χ2v) is 9.69. The van der Waals surface area contributed by atoms with E-state index in [1.54, 1.807) is 18.3 Å². The summed E-state index contributed by atoms with van der Waals surface area (Å²) in [5.74, 6) is -0.566. The Bertz CT molecular complexity index is 953. The van der Waals surface area contributed by atoms with Crippen molar-refractivity contribution in [1.82, 2.24) is 14.5 Å². The first-order valence-electron chi connectivity index (χ1n) is 9.68. The molecule has 1 N–H and O–H groups in total. The van der Waals surface area contributed by atoms with Crippen molar-refractivity contribution in [3.8, 4) is 0 Å². The molecule has 0 atom stereocenters. The van der Waals surface area contributed by atoms with E-state index in [2.05, 4.69) is 5.32 Å². The molecule has 0 unspecified atom stereocenters. The van der Waals surface area contributed by atoms with Crippen molar-refractivity contribution in [2.24, 2.45) is 0 Å². The fourth-order valence-corrected chi connectivity index (χ4v) is 5.10. The van der Waals surface area contributed by atoms with Crippen LogP contribution in [-0.4, -0.2) is 68.8 Å². The Labute approximate surface area is 180 Å². The quantitative estimate of drug-likeness (QED) is 0.657. The van der Waals surface area contributed by atoms with E-state index in [9.17, 15) is 18.0 Å². The van der Waals surface area contributed by atoms with Crippen LogP contribution in [-0.2, 0) is 26.1 Å². The van der Waals surface area contributed by atoms with E-state index in [1.807, 2.05) is 17.5 Å². The van der Waals surface area contributed by atoms with Crippen LogP contribution in [0.1, 0.15) is 22.2 Å². The number of nitrogens with one attached hydrogen (secondary N) is 1. The number of carbonyl (C=O) groups excluding carboxylic acids is 2. The van der Waals surface area contributed by atoms with E-state index < -0.39 is 10.0 Å². The number of hydrogen-bond donors (Lipinski definition) is 1. The molecule has 0 aliphatic carbocycles. The van der Waals surface area contributed by atoms with Crippen LogP contribution in [0.4, 0.5) is 0 Å². The molecule has 0 radical (unpaired) electrons. The first-order chi connectivity index (χ1) is 14.4. The van der Waals surface area contributed by atoms with Crippen molar-refractivity contribution < 1.29 is 22.7 Å². The van der Waals surface area contributed by atoms with Gasteiger partial charge in [0.15, 0.2) is 0 Å². The van der Waals surface area contributed by atoms with Crippen molar-refractivity contribution >= 4 is 33.2 Å². The molecule has 1 saturated heterocycles. The molecule has 0 spiro atoms. The van der Waals surface area contributed by atoms with Crippen molar-refractivity contribution in [3.63, 3.8) is 0 Å². The number of rotatable bonds is 8. The van der Waals surface area contributed by atoms with Gasteiger partial charge in [-0.15, -0.1) is 11.3 Å². The zero-order valence-electron chi connectivity index (χ0n) is 16.7. The Hall–Kier alpha value is -2.27. The predicted molar refractivity (Wildman–Crippen MR) is 114 cm³/mol. The summed E-state index contributed by atoms with van der Waals surface area (Å²) in [5, 5.41) is 4.74. The standard InChI is InChI=1S/C20H25N3O5S2/c1-2-22(15-19(24)21-14-17-4-3-13-29-17)20(25)16-5-7-18(8-6-16)30(26,27)23-9-11-28-12-10-23/h3-8,13H,2,9-12,14-15H2,1H3,(H,21,24). The number of amides is 2. The third-order valence-electron chi connectivity index (χ3n) is 4.75. The van der Waals surface area contributed by atoms with Crippen LogP contribution in [0.2, 0.25) is 0 Å². The average molecular weight is 452 g/mol. The molecule has 2 heterocycles. The normalized spacial score (nSPS) is 15.0. The fourth-order valence-electron chi connectivity index (χ4n) is 3.04. The monoisotopic (exact) mass is 451 g/mol. The molecule has 1 fully saturated rings. The topological polar surface area (TPSA) is 96.0 Å². The van der Waals surface area contributed by atoms with E-state index in [1.165, 1.54) is 33.5 Å². The number of hydrogen-bond acceptors (Lipinski definition) is 6. The lowest BCUT2D eigenvalue weighted by atomic mass is 10.2. The Morgan fingerprint density at radius 2 is 1.87 bits per heavy atom. The van der Waals surface area contributed by atoms with Crippen LogP contribution < -0.4 is 5.32 Å². The largest absolute Gasteiger partial charge is 0.379 e. The molecule has 10 heteroatoms. The molecule has 0 bridgehead atoms. The first-order valence-corrected chi connectivity index (χ1v) is 12.0. The summed E-state index contributed by atoms with van der Waals surface area (Å²) >= 11 is 1.55. The predicted octanol–water partition coefficient (Wildman–Crippen LogP) is 1.55. The van der Waals surface area contributed by atoms with Crippen molar-refractivity contribution in [3.05, 3.63) is 52.2 Å². The molecule has 1 aliphatic heterocycles. The molecular weight excluding hydrogens is 426 g/mol. The zero-order chi connectivity index (χ0) is 21.6. The highest BCUT2D eigenvalue weighted by molar-refractivity contribution is 7.89. The van der Waals surface area contributed by atoms with Gasteiger partial charge in [-0.1, -0.05) is 6.07 Å². The lowest BCUT2D eigenvalue weighted by molar-refractivity contribution is -0.121. The number of thiophene rings is 1. The number of likely N-dealkylation sites (N-methyl/N-ethyl adjacent to an activating group) is 1. The van der Waals surface area contributed by atoms with Crippen molar-refractivity contribution in [2.75, 3.05) is 39.4 Å². The average Bonchev–Trinajstić information content (AvgIpc) is 3.30. The summed E-state index contributed by atoms with van der Waals surface area (Å²) in [7, 11) is -3.61. The minimum Gasteiger partial charge on any atom is -0.379 e. The Morgan fingerprint density at radius 1 is 1.17 bits per heavy atom. The fraction of sp³-hybridized carbons (Fsp3) is 0.400. The smallest absolute Gasteiger partial charge is 0.254 e. The highest BCUT2D eigenvalue weighted by Gasteiger charge is 2.26. The van der Waals surface area contributed by atoms with Gasteiger partial charge in [0.2, 0.25) is 15.9 Å². The molecule has 3 rings (SSSR count). The minimum absolute atomic E-state index is 0.0610. The first kappa shape index (κ1) is 22.4. The van der Waals surface area contributed by atoms with Gasteiger partial charge in [0, 0.05) is 30.1 Å². The van der Waals surface area contributed by atoms with Gasteiger partial charge in [-0.05, 0) is 42.6 Å². The molecule has 1 aliphatic rings. The van der Waals surface area contributed by atoms with Crippen LogP contribution in [0, 0.1) is 0 Å². The second-order valence-electron chi connectivity index (χ2n) is 6.72. The molecule has 30 heavy (non-hydrogen) atoms. The highest BCUT2D eigenvalue weighted by atomic mass is 32.2. The summed E-state index contributed by atoms with van der Waals surface area (Å²) in [6.45, 7) is 3.89. The minimum atomic E-state index is -3.61. The number of sulfonamides is 1. The summed E-state index contributed by atoms with van der Waals surface area (Å²) in [4.78, 5) is 27.6. The van der Waals surface area contributed by atoms with Gasteiger partial charge in [0.1, 0.15) is 0 Å². The summed E-state index contributed by atoms with van der Waals surface area (Å²) < 4.78 is 32.0. The Kier molecular flexibility index (Phi) is 7.59. The number of ether oxygens (including phenoxy) is 1. The van der Waals surface area contributed by atoms with E-state index in [4.69, 9.17) is 4.74 Å². The van der Waals surface area contributed by atoms with E-state index in [0.717, 1.165) is 4.88 Å². The van der Waals surface area contributed by atoms with Gasteiger partial charge < -0.3 is 15.0 Å². The Balaban J connectivity index is 1.62. The van der Waals surface area contributed by atoms with Crippen LogP contribution in [0.15, 0.2) is 46.7 Å². The van der Waals surface area contributed by atoms with Crippen LogP contribution >= 0.6 is 11.3 Å². The van der Waals surface area contributed by atoms with Crippen molar-refractivity contribution in [1.29, 1.82) is 0 Å². The summed E-state index contributed by atoms with van der Waals surface area (Å²) in [5.41, 5.74) is 0.337. The van der Waals surface area contributed by atoms with Gasteiger partial charge in [0.05, 0.1) is 31.2 Å². The highest BCUT2D eigenvalue weighted by Crippen LogP contribution is 2.18. The van der Waals surface area contributed by atoms with Crippen LogP contribution in [0.3, 0.4) is 0 Å². The maximum Gasteiger partial charge on any atom is 0.254 e. The maximum atomic E-state index is 12.8. The number of carbonyl (C=O) groups is 2. The van der Waals surface area contributed by atoms with Gasteiger partial charge in [-0.3, -0.25) is 9.59 Å². The van der Waals surface area contributed by atoms with Crippen molar-refractivity contribution in [2.45, 2.75) is 18.4 Å². The van der Waals surface area contributed by atoms with Crippen LogP contribution in [0.25, 0.3) is 0 Å². The zero-order valence-corrected chi connectivity index (χ0v) is 18.4. The van der Waals surface area contributed by atoms with E-state index in [-0.39, 0.29) is 23.3 Å². The van der Waals surface area contributed by atoms with Gasteiger partial charge >= 0.3 is 0 Å². The number of nitrogens with zero attached hydrogens (tertiary/aromatic N) is 2. The maximum absolute atomic E-state index is 12.8. The molecule has 0 saturated carbocycles. The third kappa shape index (κ3) is 5.45. The SMILES string of the molecule is CCN(CC(=O)NCc1cccs1)C(=O)c1ccc(S(=O)(=O)N2CCOCC2)cc1. The number of benzene rings is 1. The number of morpholine rings is 1.